The minimum atomic E-state index is -0.284. The Bertz CT molecular complexity index is 1500. The van der Waals surface area contributed by atoms with Gasteiger partial charge in [-0.25, -0.2) is 10.0 Å². The fraction of sp³-hybridized carbons (Fsp3) is 0.200. The fourth-order valence-corrected chi connectivity index (χ4v) is 5.79. The molecule has 0 aliphatic carbocycles. The molecule has 2 atom stereocenters. The van der Waals surface area contributed by atoms with E-state index in [1.807, 2.05) is 107 Å². The van der Waals surface area contributed by atoms with Crippen LogP contribution in [0.15, 0.2) is 132 Å². The second-order valence-electron chi connectivity index (χ2n) is 10.6. The van der Waals surface area contributed by atoms with Gasteiger partial charge in [0.25, 0.3) is 0 Å². The number of para-hydroxylation sites is 2. The average Bonchev–Trinajstić information content (AvgIpc) is 3.63. The molecule has 2 aliphatic heterocycles. The SMILES string of the molecule is CC(=O)C1=NN(c2ccccc2)[C@H](c2ccccc2)N1CCCN1C(C(C)=O)=NN(c2ccccc2)[C@H]1c1ccccc1. The summed E-state index contributed by atoms with van der Waals surface area (Å²) in [5.41, 5.74) is 3.89. The number of amidine groups is 2. The molecule has 0 N–H and O–H groups in total. The normalized spacial score (nSPS) is 18.1. The standard InChI is InChI=1S/C35H34N6O2/c1-26(42)32-36-40(30-20-11-5-12-21-30)34(28-16-7-3-8-17-28)38(32)24-15-25-39-33(27(2)43)37-41(31-22-13-6-14-23-31)35(39)29-18-9-4-10-19-29/h3-14,16-23,34-35H,15,24-25H2,1-2H3/t34-,35+. The van der Waals surface area contributed by atoms with Crippen molar-refractivity contribution in [1.82, 2.24) is 9.80 Å². The van der Waals surface area contributed by atoms with Gasteiger partial charge in [0.1, 0.15) is 0 Å². The number of hydrazone groups is 2. The Labute approximate surface area is 252 Å². The van der Waals surface area contributed by atoms with Gasteiger partial charge in [-0.15, -0.1) is 10.2 Å². The molecule has 0 saturated heterocycles. The van der Waals surface area contributed by atoms with Gasteiger partial charge >= 0.3 is 0 Å². The highest BCUT2D eigenvalue weighted by atomic mass is 16.1. The van der Waals surface area contributed by atoms with Crippen molar-refractivity contribution in [2.45, 2.75) is 32.6 Å². The van der Waals surface area contributed by atoms with Crippen LogP contribution < -0.4 is 10.0 Å². The number of nitrogens with zero attached hydrogens (tertiary/aromatic N) is 6. The third kappa shape index (κ3) is 5.64. The lowest BCUT2D eigenvalue weighted by Gasteiger charge is -2.34. The number of rotatable bonds is 10. The number of benzene rings is 4. The zero-order valence-corrected chi connectivity index (χ0v) is 24.3. The van der Waals surface area contributed by atoms with E-state index in [0.717, 1.165) is 22.5 Å². The van der Waals surface area contributed by atoms with Crippen LogP contribution in [0.25, 0.3) is 0 Å². The largest absolute Gasteiger partial charge is 0.326 e. The van der Waals surface area contributed by atoms with Gasteiger partial charge in [-0.3, -0.25) is 9.59 Å². The number of anilines is 2. The molecule has 0 spiro atoms. The van der Waals surface area contributed by atoms with Crippen molar-refractivity contribution in [2.24, 2.45) is 10.2 Å². The number of hydrogen-bond acceptors (Lipinski definition) is 8. The lowest BCUT2D eigenvalue weighted by atomic mass is 10.1. The second kappa shape index (κ2) is 12.3. The molecule has 0 bridgehead atoms. The summed E-state index contributed by atoms with van der Waals surface area (Å²) in [5.74, 6) is 0.656. The Morgan fingerprint density at radius 3 is 1.19 bits per heavy atom. The van der Waals surface area contributed by atoms with E-state index in [0.29, 0.717) is 31.2 Å². The zero-order valence-electron chi connectivity index (χ0n) is 24.3. The van der Waals surface area contributed by atoms with Crippen LogP contribution in [0.2, 0.25) is 0 Å². The van der Waals surface area contributed by atoms with Crippen molar-refractivity contribution < 1.29 is 9.59 Å². The van der Waals surface area contributed by atoms with Crippen LogP contribution in [-0.2, 0) is 9.59 Å². The predicted molar refractivity (Wildman–Crippen MR) is 170 cm³/mol. The van der Waals surface area contributed by atoms with Crippen LogP contribution in [0.3, 0.4) is 0 Å². The molecule has 0 radical (unpaired) electrons. The van der Waals surface area contributed by atoms with Gasteiger partial charge in [-0.05, 0) is 41.8 Å². The summed E-state index contributed by atoms with van der Waals surface area (Å²) < 4.78 is 0. The molecule has 4 aromatic carbocycles. The van der Waals surface area contributed by atoms with E-state index in [9.17, 15) is 9.59 Å². The lowest BCUT2D eigenvalue weighted by molar-refractivity contribution is -0.112. The van der Waals surface area contributed by atoms with Crippen molar-refractivity contribution in [3.05, 3.63) is 132 Å². The molecule has 4 aromatic rings. The molecule has 0 unspecified atom stereocenters. The van der Waals surface area contributed by atoms with Gasteiger partial charge in [-0.2, -0.15) is 0 Å². The maximum Gasteiger partial charge on any atom is 0.196 e. The molecule has 0 aromatic heterocycles. The predicted octanol–water partition coefficient (Wildman–Crippen LogP) is 6.22. The summed E-state index contributed by atoms with van der Waals surface area (Å²) in [6.07, 6.45) is 0.0943. The van der Waals surface area contributed by atoms with Crippen LogP contribution in [0.4, 0.5) is 11.4 Å². The summed E-state index contributed by atoms with van der Waals surface area (Å²) >= 11 is 0. The maximum absolute atomic E-state index is 12.9. The first-order chi connectivity index (χ1) is 21.0. The Hall–Kier alpha value is -5.24. The topological polar surface area (TPSA) is 71.8 Å². The highest BCUT2D eigenvalue weighted by Crippen LogP contribution is 2.38. The van der Waals surface area contributed by atoms with E-state index in [2.05, 4.69) is 34.1 Å². The summed E-state index contributed by atoms with van der Waals surface area (Å²) in [6, 6.07) is 40.1. The van der Waals surface area contributed by atoms with E-state index in [1.54, 1.807) is 13.8 Å². The molecule has 8 nitrogen and oxygen atoms in total. The molecule has 2 aliphatic rings. The van der Waals surface area contributed by atoms with Crippen LogP contribution >= 0.6 is 0 Å². The van der Waals surface area contributed by atoms with Gasteiger partial charge in [-0.1, -0.05) is 97.1 Å². The van der Waals surface area contributed by atoms with Crippen LogP contribution in [0.1, 0.15) is 43.7 Å². The summed E-state index contributed by atoms with van der Waals surface area (Å²) in [6.45, 7) is 4.23. The van der Waals surface area contributed by atoms with Crippen LogP contribution in [0, 0.1) is 0 Å². The fourth-order valence-electron chi connectivity index (χ4n) is 5.79. The Morgan fingerprint density at radius 2 is 0.860 bits per heavy atom. The van der Waals surface area contributed by atoms with Crippen molar-refractivity contribution in [3.8, 4) is 0 Å². The maximum atomic E-state index is 12.9. The minimum absolute atomic E-state index is 0.0936. The first-order valence-corrected chi connectivity index (χ1v) is 14.5. The Kier molecular flexibility index (Phi) is 8.00. The molecular formula is C35H34N6O2. The second-order valence-corrected chi connectivity index (χ2v) is 10.6. The molecule has 0 saturated carbocycles. The van der Waals surface area contributed by atoms with Gasteiger partial charge in [0.2, 0.25) is 0 Å². The number of hydrogen-bond donors (Lipinski definition) is 0. The highest BCUT2D eigenvalue weighted by molar-refractivity contribution is 6.39. The lowest BCUT2D eigenvalue weighted by Crippen LogP contribution is -2.42. The van der Waals surface area contributed by atoms with Gasteiger partial charge in [0, 0.05) is 26.9 Å². The van der Waals surface area contributed by atoms with Gasteiger partial charge in [0.05, 0.1) is 11.4 Å². The number of carbonyl (C=O) groups excluding carboxylic acids is 2. The van der Waals surface area contributed by atoms with E-state index in [1.165, 1.54) is 0 Å². The first kappa shape index (κ1) is 27.9. The third-order valence-corrected chi connectivity index (χ3v) is 7.67. The monoisotopic (exact) mass is 570 g/mol. The number of ketones is 2. The van der Waals surface area contributed by atoms with Crippen LogP contribution in [-0.4, -0.2) is 46.1 Å². The van der Waals surface area contributed by atoms with Crippen molar-refractivity contribution in [3.63, 3.8) is 0 Å². The van der Waals surface area contributed by atoms with E-state index in [4.69, 9.17) is 10.2 Å². The number of carbonyl (C=O) groups is 2. The Balaban J connectivity index is 1.31. The summed E-state index contributed by atoms with van der Waals surface area (Å²) in [5, 5.41) is 13.5. The average molecular weight is 571 g/mol. The molecule has 0 amide bonds. The van der Waals surface area contributed by atoms with Crippen molar-refractivity contribution in [1.29, 1.82) is 0 Å². The first-order valence-electron chi connectivity index (χ1n) is 14.5. The van der Waals surface area contributed by atoms with Crippen molar-refractivity contribution in [2.75, 3.05) is 23.1 Å². The minimum Gasteiger partial charge on any atom is -0.326 e. The summed E-state index contributed by atoms with van der Waals surface area (Å²) in [4.78, 5) is 30.0. The molecule has 0 fully saturated rings. The molecular weight excluding hydrogens is 536 g/mol. The molecule has 2 heterocycles. The van der Waals surface area contributed by atoms with Crippen molar-refractivity contribution >= 4 is 34.6 Å². The van der Waals surface area contributed by atoms with E-state index < -0.39 is 0 Å². The van der Waals surface area contributed by atoms with E-state index in [-0.39, 0.29) is 23.9 Å². The number of Topliss-reactive ketones (excluding diaryl/α,β-unsaturated/α-hetero) is 2. The Morgan fingerprint density at radius 1 is 0.535 bits per heavy atom. The quantitative estimate of drug-likeness (QED) is 0.225. The molecule has 43 heavy (non-hydrogen) atoms. The smallest absolute Gasteiger partial charge is 0.196 e. The molecule has 6 rings (SSSR count). The molecule has 8 heteroatoms. The van der Waals surface area contributed by atoms with Gasteiger partial charge < -0.3 is 9.80 Å². The van der Waals surface area contributed by atoms with Crippen LogP contribution in [0.5, 0.6) is 0 Å². The highest BCUT2D eigenvalue weighted by Gasteiger charge is 2.40. The zero-order chi connectivity index (χ0) is 29.8. The third-order valence-electron chi connectivity index (χ3n) is 7.67. The summed E-state index contributed by atoms with van der Waals surface area (Å²) in [7, 11) is 0. The van der Waals surface area contributed by atoms with E-state index >= 15 is 0 Å². The molecule has 216 valence electrons. The van der Waals surface area contributed by atoms with Gasteiger partial charge in [0.15, 0.2) is 35.6 Å².